The Morgan fingerprint density at radius 2 is 2.24 bits per heavy atom. The van der Waals surface area contributed by atoms with E-state index in [0.29, 0.717) is 36.0 Å². The van der Waals surface area contributed by atoms with Crippen molar-refractivity contribution < 1.29 is 9.32 Å². The molecule has 6 nitrogen and oxygen atoms in total. The molecule has 4 rings (SSSR count). The van der Waals surface area contributed by atoms with E-state index in [0.717, 1.165) is 13.0 Å². The lowest BCUT2D eigenvalue weighted by atomic mass is 9.95. The fourth-order valence-corrected chi connectivity index (χ4v) is 4.16. The fourth-order valence-electron chi connectivity index (χ4n) is 4.16. The molecule has 1 aromatic carbocycles. The topological polar surface area (TPSA) is 80.0 Å². The van der Waals surface area contributed by atoms with Crippen molar-refractivity contribution in [3.8, 4) is 0 Å². The second-order valence-electron chi connectivity index (χ2n) is 7.19. The third-order valence-electron chi connectivity index (χ3n) is 5.56. The van der Waals surface area contributed by atoms with Gasteiger partial charge in [0.1, 0.15) is 0 Å². The van der Waals surface area contributed by atoms with Crippen LogP contribution in [0.1, 0.15) is 42.1 Å². The van der Waals surface area contributed by atoms with Crippen LogP contribution in [0.4, 0.5) is 4.79 Å². The molecule has 132 valence electrons. The summed E-state index contributed by atoms with van der Waals surface area (Å²) in [5.74, 6) is 1.84. The number of hydrogen-bond donors (Lipinski definition) is 2. The van der Waals surface area contributed by atoms with Crippen LogP contribution in [0, 0.1) is 12.8 Å². The van der Waals surface area contributed by atoms with Crippen molar-refractivity contribution in [2.45, 2.75) is 44.4 Å². The van der Waals surface area contributed by atoms with Gasteiger partial charge in [-0.25, -0.2) is 4.79 Å². The molecule has 1 fully saturated rings. The van der Waals surface area contributed by atoms with E-state index < -0.39 is 0 Å². The van der Waals surface area contributed by atoms with Crippen molar-refractivity contribution >= 4 is 6.03 Å². The van der Waals surface area contributed by atoms with E-state index in [1.165, 1.54) is 30.4 Å². The first kappa shape index (κ1) is 16.1. The molecule has 25 heavy (non-hydrogen) atoms. The number of amides is 2. The molecule has 6 heteroatoms. The van der Waals surface area contributed by atoms with Gasteiger partial charge in [-0.05, 0) is 49.7 Å². The summed E-state index contributed by atoms with van der Waals surface area (Å²) in [5.41, 5.74) is 3.34. The van der Waals surface area contributed by atoms with Crippen LogP contribution in [0.25, 0.3) is 0 Å². The van der Waals surface area contributed by atoms with Crippen LogP contribution in [-0.2, 0) is 18.3 Å². The molecule has 0 aliphatic heterocycles. The molecule has 2 aromatic rings. The van der Waals surface area contributed by atoms with Crippen LogP contribution in [0.2, 0.25) is 0 Å². The standard InChI is InChI=1S/C19H24N4O2/c1-13-22-17(25-23-13)7-4-10-20-18(24)21-12-15-11-19(15)9-8-14-5-2-3-6-16(14)19/h2-3,5-6,15H,4,7-12H2,1H3,(H2,20,21,24)/t15-,19+/m0/s1. The average Bonchev–Trinajstić information content (AvgIpc) is 2.96. The monoisotopic (exact) mass is 340 g/mol. The summed E-state index contributed by atoms with van der Waals surface area (Å²) in [6, 6.07) is 8.67. The van der Waals surface area contributed by atoms with Gasteiger partial charge in [0, 0.05) is 24.9 Å². The SMILES string of the molecule is Cc1noc(CCCNC(=O)NC[C@@H]2C[C@]23CCc2ccccc23)n1. The first-order valence-electron chi connectivity index (χ1n) is 9.07. The fraction of sp³-hybridized carbons (Fsp3) is 0.526. The Bertz CT molecular complexity index is 772. The number of aryl methyl sites for hydroxylation is 3. The van der Waals surface area contributed by atoms with Gasteiger partial charge in [0.15, 0.2) is 5.82 Å². The van der Waals surface area contributed by atoms with Crippen molar-refractivity contribution in [1.82, 2.24) is 20.8 Å². The molecule has 2 atom stereocenters. The molecule has 0 bridgehead atoms. The van der Waals surface area contributed by atoms with Crippen molar-refractivity contribution in [3.05, 3.63) is 47.1 Å². The minimum atomic E-state index is -0.0879. The van der Waals surface area contributed by atoms with Gasteiger partial charge < -0.3 is 15.2 Å². The summed E-state index contributed by atoms with van der Waals surface area (Å²) in [4.78, 5) is 16.1. The van der Waals surface area contributed by atoms with Crippen LogP contribution in [0.5, 0.6) is 0 Å². The highest BCUT2D eigenvalue weighted by Gasteiger charge is 2.57. The zero-order valence-electron chi connectivity index (χ0n) is 14.5. The molecule has 2 N–H and O–H groups in total. The Kier molecular flexibility index (Phi) is 4.19. The first-order valence-corrected chi connectivity index (χ1v) is 9.07. The molecule has 1 heterocycles. The first-order chi connectivity index (χ1) is 12.2. The number of nitrogens with one attached hydrogen (secondary N) is 2. The minimum Gasteiger partial charge on any atom is -0.339 e. The summed E-state index contributed by atoms with van der Waals surface area (Å²) >= 11 is 0. The lowest BCUT2D eigenvalue weighted by Gasteiger charge is -2.12. The number of carbonyl (C=O) groups excluding carboxylic acids is 1. The van der Waals surface area contributed by atoms with Gasteiger partial charge in [0.2, 0.25) is 5.89 Å². The van der Waals surface area contributed by atoms with Crippen LogP contribution >= 0.6 is 0 Å². The van der Waals surface area contributed by atoms with Gasteiger partial charge in [0.05, 0.1) is 0 Å². The van der Waals surface area contributed by atoms with Crippen LogP contribution in [-0.4, -0.2) is 29.3 Å². The van der Waals surface area contributed by atoms with E-state index >= 15 is 0 Å². The van der Waals surface area contributed by atoms with E-state index in [9.17, 15) is 4.79 Å². The maximum atomic E-state index is 12.0. The number of aromatic nitrogens is 2. The van der Waals surface area contributed by atoms with Gasteiger partial charge in [-0.3, -0.25) is 0 Å². The number of nitrogens with zero attached hydrogens (tertiary/aromatic N) is 2. The summed E-state index contributed by atoms with van der Waals surface area (Å²) < 4.78 is 5.05. The third-order valence-corrected chi connectivity index (χ3v) is 5.56. The van der Waals surface area contributed by atoms with E-state index in [1.807, 2.05) is 0 Å². The van der Waals surface area contributed by atoms with E-state index in [4.69, 9.17) is 4.52 Å². The Morgan fingerprint density at radius 1 is 1.36 bits per heavy atom. The number of hydrogen-bond acceptors (Lipinski definition) is 4. The predicted octanol–water partition coefficient (Wildman–Crippen LogP) is 2.51. The highest BCUT2D eigenvalue weighted by atomic mass is 16.5. The quantitative estimate of drug-likeness (QED) is 0.792. The van der Waals surface area contributed by atoms with E-state index in [1.54, 1.807) is 6.92 Å². The summed E-state index contributed by atoms with van der Waals surface area (Å²) in [7, 11) is 0. The minimum absolute atomic E-state index is 0.0879. The second kappa shape index (κ2) is 6.50. The van der Waals surface area contributed by atoms with Crippen molar-refractivity contribution in [2.24, 2.45) is 5.92 Å². The van der Waals surface area contributed by atoms with E-state index in [2.05, 4.69) is 45.0 Å². The van der Waals surface area contributed by atoms with Crippen molar-refractivity contribution in [2.75, 3.05) is 13.1 Å². The largest absolute Gasteiger partial charge is 0.339 e. The molecule has 0 unspecified atom stereocenters. The molecule has 1 saturated carbocycles. The molecule has 0 radical (unpaired) electrons. The number of benzene rings is 1. The smallest absolute Gasteiger partial charge is 0.314 e. The molecular formula is C19H24N4O2. The third kappa shape index (κ3) is 3.25. The predicted molar refractivity (Wildman–Crippen MR) is 93.3 cm³/mol. The van der Waals surface area contributed by atoms with Gasteiger partial charge in [-0.1, -0.05) is 29.4 Å². The summed E-state index contributed by atoms with van der Waals surface area (Å²) in [6.07, 6.45) is 5.07. The molecule has 2 aliphatic carbocycles. The van der Waals surface area contributed by atoms with Crippen molar-refractivity contribution in [1.29, 1.82) is 0 Å². The maximum absolute atomic E-state index is 12.0. The normalized spacial score (nSPS) is 23.5. The second-order valence-corrected chi connectivity index (χ2v) is 7.19. The van der Waals surface area contributed by atoms with Gasteiger partial charge >= 0.3 is 6.03 Å². The highest BCUT2D eigenvalue weighted by Crippen LogP contribution is 2.61. The van der Waals surface area contributed by atoms with Crippen LogP contribution in [0.3, 0.4) is 0 Å². The summed E-state index contributed by atoms with van der Waals surface area (Å²) in [6.45, 7) is 3.15. The number of fused-ring (bicyclic) bond motifs is 2. The van der Waals surface area contributed by atoms with Crippen LogP contribution < -0.4 is 10.6 Å². The average molecular weight is 340 g/mol. The van der Waals surface area contributed by atoms with Gasteiger partial charge in [0.25, 0.3) is 0 Å². The summed E-state index contributed by atoms with van der Waals surface area (Å²) in [5, 5.41) is 9.68. The lowest BCUT2D eigenvalue weighted by Crippen LogP contribution is -2.37. The van der Waals surface area contributed by atoms with Crippen LogP contribution in [0.15, 0.2) is 28.8 Å². The number of carbonyl (C=O) groups is 1. The number of rotatable bonds is 6. The number of urea groups is 1. The Labute approximate surface area is 147 Å². The molecule has 1 spiro atoms. The molecular weight excluding hydrogens is 316 g/mol. The Balaban J connectivity index is 1.17. The lowest BCUT2D eigenvalue weighted by molar-refractivity contribution is 0.240. The molecule has 1 aromatic heterocycles. The Morgan fingerprint density at radius 3 is 3.08 bits per heavy atom. The molecule has 2 aliphatic rings. The van der Waals surface area contributed by atoms with Gasteiger partial charge in [-0.15, -0.1) is 0 Å². The van der Waals surface area contributed by atoms with Gasteiger partial charge in [-0.2, -0.15) is 4.98 Å². The molecule has 2 amide bonds. The van der Waals surface area contributed by atoms with E-state index in [-0.39, 0.29) is 6.03 Å². The zero-order chi connectivity index (χ0) is 17.3. The Hall–Kier alpha value is -2.37. The highest BCUT2D eigenvalue weighted by molar-refractivity contribution is 5.73. The maximum Gasteiger partial charge on any atom is 0.314 e. The zero-order valence-corrected chi connectivity index (χ0v) is 14.5. The molecule has 0 saturated heterocycles. The van der Waals surface area contributed by atoms with Crippen molar-refractivity contribution in [3.63, 3.8) is 0 Å².